The topological polar surface area (TPSA) is 105 Å². The van der Waals surface area contributed by atoms with E-state index in [1.807, 2.05) is 0 Å². The predicted molar refractivity (Wildman–Crippen MR) is 84.2 cm³/mol. The third kappa shape index (κ3) is 3.87. The smallest absolute Gasteiger partial charge is 0.354 e. The molecule has 1 aliphatic rings. The molecule has 1 saturated carbocycles. The molecule has 0 bridgehead atoms. The third-order valence-electron chi connectivity index (χ3n) is 4.26. The Morgan fingerprint density at radius 1 is 1.26 bits per heavy atom. The molecule has 126 valence electrons. The largest absolute Gasteiger partial charge is 0.477 e. The number of carbonyl (C=O) groups excluding carboxylic acids is 1. The maximum Gasteiger partial charge on any atom is 0.354 e. The average molecular weight is 340 g/mol. The highest BCUT2D eigenvalue weighted by molar-refractivity contribution is 7.91. The van der Waals surface area contributed by atoms with Gasteiger partial charge in [-0.3, -0.25) is 4.79 Å². The number of carboxylic acid groups (broad SMARTS) is 1. The molecule has 2 rings (SSSR count). The van der Waals surface area contributed by atoms with Crippen LogP contribution in [0.1, 0.15) is 46.5 Å². The van der Waals surface area contributed by atoms with Crippen molar-refractivity contribution in [1.29, 1.82) is 0 Å². The van der Waals surface area contributed by atoms with Crippen LogP contribution in [0.25, 0.3) is 0 Å². The molecular weight excluding hydrogens is 320 g/mol. The molecule has 0 unspecified atom stereocenters. The van der Waals surface area contributed by atoms with E-state index >= 15 is 0 Å². The van der Waals surface area contributed by atoms with E-state index in [-0.39, 0.29) is 23.2 Å². The van der Waals surface area contributed by atoms with Crippen molar-refractivity contribution in [2.45, 2.75) is 37.0 Å². The van der Waals surface area contributed by atoms with Gasteiger partial charge in [0.1, 0.15) is 5.69 Å². The monoisotopic (exact) mass is 340 g/mol. The van der Waals surface area contributed by atoms with Crippen LogP contribution >= 0.6 is 0 Å². The second-order valence-corrected chi connectivity index (χ2v) is 8.14. The van der Waals surface area contributed by atoms with Crippen molar-refractivity contribution in [2.75, 3.05) is 13.3 Å². The van der Waals surface area contributed by atoms with Crippen molar-refractivity contribution in [1.82, 2.24) is 9.88 Å². The van der Waals surface area contributed by atoms with Gasteiger partial charge in [-0.05, 0) is 25.0 Å². The Morgan fingerprint density at radius 2 is 1.91 bits per heavy atom. The molecule has 0 spiro atoms. The van der Waals surface area contributed by atoms with Crippen LogP contribution in [0.5, 0.6) is 0 Å². The summed E-state index contributed by atoms with van der Waals surface area (Å²) in [6.07, 6.45) is 5.33. The highest BCUT2D eigenvalue weighted by atomic mass is 32.2. The highest BCUT2D eigenvalue weighted by Gasteiger charge is 2.37. The summed E-state index contributed by atoms with van der Waals surface area (Å²) in [4.78, 5) is 28.5. The zero-order valence-electron chi connectivity index (χ0n) is 13.1. The number of rotatable bonds is 4. The Labute approximate surface area is 135 Å². The molecule has 1 heterocycles. The summed E-state index contributed by atoms with van der Waals surface area (Å²) >= 11 is 0. The Balaban J connectivity index is 2.22. The van der Waals surface area contributed by atoms with E-state index in [9.17, 15) is 18.0 Å². The summed E-state index contributed by atoms with van der Waals surface area (Å²) in [5.74, 6) is -1.52. The maximum atomic E-state index is 12.5. The number of pyridine rings is 1. The number of nitrogens with zero attached hydrogens (tertiary/aromatic N) is 2. The molecule has 1 amide bonds. The second-order valence-electron chi connectivity index (χ2n) is 5.87. The summed E-state index contributed by atoms with van der Waals surface area (Å²) in [7, 11) is -1.66. The van der Waals surface area contributed by atoms with Crippen LogP contribution in [0.3, 0.4) is 0 Å². The minimum atomic E-state index is -3.24. The number of aromatic carboxylic acids is 1. The average Bonchev–Trinajstić information content (AvgIpc) is 2.52. The van der Waals surface area contributed by atoms with Gasteiger partial charge < -0.3 is 10.0 Å². The van der Waals surface area contributed by atoms with Crippen LogP contribution in [0, 0.1) is 0 Å². The van der Waals surface area contributed by atoms with Gasteiger partial charge in [-0.2, -0.15) is 0 Å². The minimum Gasteiger partial charge on any atom is -0.477 e. The van der Waals surface area contributed by atoms with Gasteiger partial charge in [0.25, 0.3) is 5.91 Å². The van der Waals surface area contributed by atoms with Crippen molar-refractivity contribution < 1.29 is 23.1 Å². The SMILES string of the molecule is CN(C(=O)c1ccc(C(=O)O)nc1)[C@@H]1CCCC[C@@H]1S(C)(=O)=O. The quantitative estimate of drug-likeness (QED) is 0.883. The molecule has 8 heteroatoms. The van der Waals surface area contributed by atoms with Gasteiger partial charge in [0.2, 0.25) is 0 Å². The third-order valence-corrected chi connectivity index (χ3v) is 5.91. The number of carboxylic acids is 1. The highest BCUT2D eigenvalue weighted by Crippen LogP contribution is 2.28. The molecule has 7 nitrogen and oxygen atoms in total. The van der Waals surface area contributed by atoms with Crippen molar-refractivity contribution in [3.63, 3.8) is 0 Å². The van der Waals surface area contributed by atoms with E-state index in [4.69, 9.17) is 5.11 Å². The molecule has 0 aromatic carbocycles. The van der Waals surface area contributed by atoms with E-state index in [1.165, 1.54) is 29.5 Å². The first-order valence-electron chi connectivity index (χ1n) is 7.37. The normalized spacial score (nSPS) is 21.7. The van der Waals surface area contributed by atoms with Gasteiger partial charge in [-0.15, -0.1) is 0 Å². The number of amides is 1. The van der Waals surface area contributed by atoms with Crippen molar-refractivity contribution in [3.8, 4) is 0 Å². The maximum absolute atomic E-state index is 12.5. The molecule has 23 heavy (non-hydrogen) atoms. The van der Waals surface area contributed by atoms with Gasteiger partial charge in [0, 0.05) is 25.5 Å². The molecule has 0 saturated heterocycles. The zero-order valence-corrected chi connectivity index (χ0v) is 13.9. The molecule has 2 atom stereocenters. The van der Waals surface area contributed by atoms with Gasteiger partial charge >= 0.3 is 5.97 Å². The van der Waals surface area contributed by atoms with Crippen molar-refractivity contribution in [2.24, 2.45) is 0 Å². The van der Waals surface area contributed by atoms with E-state index in [2.05, 4.69) is 4.98 Å². The number of aromatic nitrogens is 1. The van der Waals surface area contributed by atoms with E-state index in [0.717, 1.165) is 12.8 Å². The Bertz CT molecular complexity index is 699. The minimum absolute atomic E-state index is 0.143. The zero-order chi connectivity index (χ0) is 17.2. The van der Waals surface area contributed by atoms with Gasteiger partial charge in [-0.25, -0.2) is 18.2 Å². The summed E-state index contributed by atoms with van der Waals surface area (Å²) < 4.78 is 23.9. The van der Waals surface area contributed by atoms with Crippen LogP contribution in [0.2, 0.25) is 0 Å². The molecule has 0 aliphatic heterocycles. The van der Waals surface area contributed by atoms with Gasteiger partial charge in [0.15, 0.2) is 9.84 Å². The van der Waals surface area contributed by atoms with Crippen LogP contribution < -0.4 is 0 Å². The summed E-state index contributed by atoms with van der Waals surface area (Å²) in [5.41, 5.74) is 0.103. The summed E-state index contributed by atoms with van der Waals surface area (Å²) in [5, 5.41) is 8.27. The van der Waals surface area contributed by atoms with Gasteiger partial charge in [0.05, 0.1) is 10.8 Å². The fourth-order valence-corrected chi connectivity index (χ4v) is 4.51. The lowest BCUT2D eigenvalue weighted by molar-refractivity contribution is 0.0679. The Hall–Kier alpha value is -1.96. The second kappa shape index (κ2) is 6.66. The fraction of sp³-hybridized carbons (Fsp3) is 0.533. The predicted octanol–water partition coefficient (Wildman–Crippen LogP) is 1.21. The Morgan fingerprint density at radius 3 is 2.43 bits per heavy atom. The lowest BCUT2D eigenvalue weighted by atomic mass is 9.93. The van der Waals surface area contributed by atoms with Crippen LogP contribution in [-0.2, 0) is 9.84 Å². The van der Waals surface area contributed by atoms with Crippen LogP contribution in [0.4, 0.5) is 0 Å². The molecule has 1 aromatic rings. The number of hydrogen-bond donors (Lipinski definition) is 1. The number of hydrogen-bond acceptors (Lipinski definition) is 5. The van der Waals surface area contributed by atoms with E-state index in [0.29, 0.717) is 12.8 Å². The van der Waals surface area contributed by atoms with Crippen molar-refractivity contribution >= 4 is 21.7 Å². The number of sulfone groups is 1. The number of carbonyl (C=O) groups is 2. The van der Waals surface area contributed by atoms with Crippen molar-refractivity contribution in [3.05, 3.63) is 29.6 Å². The molecule has 0 radical (unpaired) electrons. The van der Waals surface area contributed by atoms with Crippen LogP contribution in [-0.4, -0.2) is 59.9 Å². The fourth-order valence-electron chi connectivity index (χ4n) is 3.02. The molecule has 1 N–H and O–H groups in total. The summed E-state index contributed by atoms with van der Waals surface area (Å²) in [6.45, 7) is 0. The molecule has 1 fully saturated rings. The van der Waals surface area contributed by atoms with Crippen LogP contribution in [0.15, 0.2) is 18.3 Å². The van der Waals surface area contributed by atoms with Gasteiger partial charge in [-0.1, -0.05) is 12.8 Å². The Kier molecular flexibility index (Phi) is 5.03. The first-order valence-corrected chi connectivity index (χ1v) is 9.32. The molecule has 1 aromatic heterocycles. The molecular formula is C15H20N2O5S. The lowest BCUT2D eigenvalue weighted by Crippen LogP contribution is -2.49. The molecule has 1 aliphatic carbocycles. The first-order chi connectivity index (χ1) is 10.7. The van der Waals surface area contributed by atoms with E-state index in [1.54, 1.807) is 7.05 Å². The van der Waals surface area contributed by atoms with E-state index < -0.39 is 21.1 Å². The first kappa shape index (κ1) is 17.4. The standard InChI is InChI=1S/C15H20N2O5S/c1-17(12-5-3-4-6-13(12)23(2,21)22)14(18)10-7-8-11(15(19)20)16-9-10/h7-9,12-13H,3-6H2,1-2H3,(H,19,20)/t12-,13+/m1/s1. The lowest BCUT2D eigenvalue weighted by Gasteiger charge is -2.37. The summed E-state index contributed by atoms with van der Waals surface area (Å²) in [6, 6.07) is 2.29.